The Morgan fingerprint density at radius 2 is 1.80 bits per heavy atom. The van der Waals surface area contributed by atoms with Crippen molar-refractivity contribution in [3.05, 3.63) is 11.6 Å². The fourth-order valence-electron chi connectivity index (χ4n) is 1.72. The van der Waals surface area contributed by atoms with Crippen molar-refractivity contribution < 1.29 is 4.11 Å². The van der Waals surface area contributed by atoms with Gasteiger partial charge in [0.2, 0.25) is 0 Å². The summed E-state index contributed by atoms with van der Waals surface area (Å²) < 4.78 is 21.7. The van der Waals surface area contributed by atoms with Crippen LogP contribution in [0.4, 0.5) is 0 Å². The molecule has 0 heterocycles. The molecule has 0 aliphatic heterocycles. The Balaban J connectivity index is 3.62. The van der Waals surface area contributed by atoms with Crippen LogP contribution in [-0.4, -0.2) is 0 Å². The topological polar surface area (TPSA) is 0 Å². The van der Waals surface area contributed by atoms with Crippen molar-refractivity contribution >= 4 is 0 Å². The van der Waals surface area contributed by atoms with Crippen molar-refractivity contribution in [3.8, 4) is 0 Å². The Morgan fingerprint density at radius 1 is 1.13 bits per heavy atom. The molecule has 0 saturated carbocycles. The molecule has 0 fully saturated rings. The molecule has 0 saturated heterocycles. The largest absolute Gasteiger partial charge is 0.0859 e. The standard InChI is InChI=1S/C15H30/c1-6-14(4)10-8-12-15(5)11-7-9-13(2)3/h9,14-15H,6-8,10-12H2,1-5H3/i1D3. The third-order valence-corrected chi connectivity index (χ3v) is 2.95. The number of hydrogen-bond acceptors (Lipinski definition) is 0. The summed E-state index contributed by atoms with van der Waals surface area (Å²) in [5, 5.41) is 0. The molecule has 0 amide bonds. The van der Waals surface area contributed by atoms with E-state index in [1.54, 1.807) is 0 Å². The van der Waals surface area contributed by atoms with Gasteiger partial charge in [0.05, 0.1) is 0 Å². The van der Waals surface area contributed by atoms with E-state index in [-0.39, 0.29) is 0 Å². The summed E-state index contributed by atoms with van der Waals surface area (Å²) >= 11 is 0. The lowest BCUT2D eigenvalue weighted by Crippen LogP contribution is -1.97. The number of hydrogen-bond donors (Lipinski definition) is 0. The van der Waals surface area contributed by atoms with Gasteiger partial charge >= 0.3 is 0 Å². The molecule has 2 atom stereocenters. The predicted octanol–water partition coefficient (Wildman–Crippen LogP) is 5.59. The highest BCUT2D eigenvalue weighted by molar-refractivity contribution is 4.92. The molecule has 0 radical (unpaired) electrons. The number of allylic oxidation sites excluding steroid dienone is 2. The van der Waals surface area contributed by atoms with Crippen molar-refractivity contribution in [2.45, 2.75) is 73.1 Å². The lowest BCUT2D eigenvalue weighted by Gasteiger charge is -2.12. The van der Waals surface area contributed by atoms with Crippen molar-refractivity contribution in [1.29, 1.82) is 0 Å². The molecular formula is C15H30. The molecule has 0 aromatic heterocycles. The Bertz CT molecular complexity index is 237. The summed E-state index contributed by atoms with van der Waals surface area (Å²) in [6.45, 7) is 6.88. The molecule has 0 N–H and O–H groups in total. The summed E-state index contributed by atoms with van der Waals surface area (Å²) in [4.78, 5) is 0. The van der Waals surface area contributed by atoms with Crippen LogP contribution < -0.4 is 0 Å². The maximum absolute atomic E-state index is 7.24. The molecule has 0 heteroatoms. The third-order valence-electron chi connectivity index (χ3n) is 2.95. The van der Waals surface area contributed by atoms with Crippen LogP contribution in [0.25, 0.3) is 0 Å². The second-order valence-corrected chi connectivity index (χ2v) is 5.20. The Kier molecular flexibility index (Phi) is 5.96. The fraction of sp³-hybridized carbons (Fsp3) is 0.867. The average molecular weight is 213 g/mol. The zero-order valence-electron chi connectivity index (χ0n) is 14.0. The first-order valence-corrected chi connectivity index (χ1v) is 6.34. The molecule has 15 heavy (non-hydrogen) atoms. The Hall–Kier alpha value is -0.260. The molecule has 0 rings (SSSR count). The lowest BCUT2D eigenvalue weighted by molar-refractivity contribution is 0.420. The first kappa shape index (κ1) is 9.93. The second kappa shape index (κ2) is 9.00. The van der Waals surface area contributed by atoms with E-state index in [9.17, 15) is 0 Å². The summed E-state index contributed by atoms with van der Waals surface area (Å²) in [5.41, 5.74) is 1.40. The van der Waals surface area contributed by atoms with E-state index in [4.69, 9.17) is 4.11 Å². The highest BCUT2D eigenvalue weighted by Gasteiger charge is 2.03. The minimum absolute atomic E-state index is 0.322. The molecule has 0 nitrogen and oxygen atoms in total. The van der Waals surface area contributed by atoms with Crippen LogP contribution in [0.5, 0.6) is 0 Å². The lowest BCUT2D eigenvalue weighted by atomic mass is 9.94. The smallest absolute Gasteiger partial charge is 0.0230 e. The highest BCUT2D eigenvalue weighted by atomic mass is 14.1. The zero-order valence-corrected chi connectivity index (χ0v) is 11.0. The monoisotopic (exact) mass is 213 g/mol. The predicted molar refractivity (Wildman–Crippen MR) is 71.1 cm³/mol. The minimum Gasteiger partial charge on any atom is -0.0859 e. The van der Waals surface area contributed by atoms with Gasteiger partial charge in [0, 0.05) is 4.11 Å². The molecular weight excluding hydrogens is 180 g/mol. The molecule has 90 valence electrons. The average Bonchev–Trinajstić information content (AvgIpc) is 2.13. The minimum atomic E-state index is -1.76. The van der Waals surface area contributed by atoms with E-state index >= 15 is 0 Å². The van der Waals surface area contributed by atoms with Crippen LogP contribution in [0.2, 0.25) is 0 Å². The van der Waals surface area contributed by atoms with Crippen LogP contribution in [0.15, 0.2) is 11.6 Å². The van der Waals surface area contributed by atoms with Gasteiger partial charge in [-0.05, 0) is 38.5 Å². The maximum Gasteiger partial charge on any atom is 0.0230 e. The first-order valence-electron chi connectivity index (χ1n) is 7.84. The van der Waals surface area contributed by atoms with Crippen LogP contribution in [-0.2, 0) is 0 Å². The fourth-order valence-corrected chi connectivity index (χ4v) is 1.72. The maximum atomic E-state index is 7.24. The van der Waals surface area contributed by atoms with Gasteiger partial charge in [0.15, 0.2) is 0 Å². The van der Waals surface area contributed by atoms with Gasteiger partial charge in [-0.15, -0.1) is 0 Å². The zero-order chi connectivity index (χ0) is 14.2. The normalized spacial score (nSPS) is 18.5. The quantitative estimate of drug-likeness (QED) is 0.461. The van der Waals surface area contributed by atoms with Gasteiger partial charge in [0.1, 0.15) is 0 Å². The van der Waals surface area contributed by atoms with Gasteiger partial charge in [-0.2, -0.15) is 0 Å². The molecule has 2 unspecified atom stereocenters. The van der Waals surface area contributed by atoms with Crippen LogP contribution in [0, 0.1) is 11.8 Å². The molecule has 0 aliphatic rings. The summed E-state index contributed by atoms with van der Waals surface area (Å²) in [5.74, 6) is 1.07. The SMILES string of the molecule is [2H]C([2H])([2H])CC(C)CCCC(C)CCC=C(C)C. The van der Waals surface area contributed by atoms with Crippen molar-refractivity contribution in [3.63, 3.8) is 0 Å². The van der Waals surface area contributed by atoms with Gasteiger partial charge in [-0.3, -0.25) is 0 Å². The van der Waals surface area contributed by atoms with Gasteiger partial charge in [0.25, 0.3) is 0 Å². The summed E-state index contributed by atoms with van der Waals surface area (Å²) in [6, 6.07) is 0. The van der Waals surface area contributed by atoms with Gasteiger partial charge in [-0.25, -0.2) is 0 Å². The first-order chi connectivity index (χ1) is 8.20. The van der Waals surface area contributed by atoms with E-state index in [2.05, 4.69) is 33.8 Å². The van der Waals surface area contributed by atoms with Crippen molar-refractivity contribution in [1.82, 2.24) is 0 Å². The molecule has 0 bridgehead atoms. The van der Waals surface area contributed by atoms with Crippen LogP contribution >= 0.6 is 0 Å². The van der Waals surface area contributed by atoms with Gasteiger partial charge in [-0.1, -0.05) is 58.0 Å². The molecule has 0 aromatic rings. The molecule has 0 aromatic carbocycles. The summed E-state index contributed by atoms with van der Waals surface area (Å²) in [6.07, 6.45) is 8.51. The Labute approximate surface area is 101 Å². The van der Waals surface area contributed by atoms with E-state index in [0.29, 0.717) is 12.3 Å². The third kappa shape index (κ3) is 10.0. The van der Waals surface area contributed by atoms with Crippen LogP contribution in [0.1, 0.15) is 77.2 Å². The van der Waals surface area contributed by atoms with Crippen molar-refractivity contribution in [2.75, 3.05) is 0 Å². The van der Waals surface area contributed by atoms with E-state index in [1.165, 1.54) is 24.8 Å². The molecule has 0 aliphatic carbocycles. The van der Waals surface area contributed by atoms with E-state index < -0.39 is 6.85 Å². The highest BCUT2D eigenvalue weighted by Crippen LogP contribution is 2.18. The van der Waals surface area contributed by atoms with Gasteiger partial charge < -0.3 is 0 Å². The van der Waals surface area contributed by atoms with Crippen molar-refractivity contribution in [2.24, 2.45) is 11.8 Å². The van der Waals surface area contributed by atoms with E-state index in [1.807, 2.05) is 0 Å². The van der Waals surface area contributed by atoms with E-state index in [0.717, 1.165) is 18.8 Å². The second-order valence-electron chi connectivity index (χ2n) is 5.20. The summed E-state index contributed by atoms with van der Waals surface area (Å²) in [7, 11) is 0. The van der Waals surface area contributed by atoms with Crippen LogP contribution in [0.3, 0.4) is 0 Å². The Morgan fingerprint density at radius 3 is 2.40 bits per heavy atom. The molecule has 0 spiro atoms. The number of rotatable bonds is 8.